The first-order valence-corrected chi connectivity index (χ1v) is 9.19. The topological polar surface area (TPSA) is 4.93 Å². The molecule has 17 heavy (non-hydrogen) atoms. The van der Waals surface area contributed by atoms with Crippen LogP contribution in [0.15, 0.2) is 54.9 Å². The van der Waals surface area contributed by atoms with Crippen LogP contribution in [0.25, 0.3) is 5.70 Å². The molecule has 1 aliphatic carbocycles. The maximum absolute atomic E-state index is 2.46. The second-order valence-electron chi connectivity index (χ2n) is 5.00. The van der Waals surface area contributed by atoms with Crippen molar-refractivity contribution in [3.8, 4) is 0 Å². The molecule has 1 heterocycles. The van der Waals surface area contributed by atoms with Gasteiger partial charge in [-0.1, -0.05) is 43.4 Å². The first kappa shape index (κ1) is 10.6. The predicted molar refractivity (Wildman–Crippen MR) is 75.9 cm³/mol. The molecule has 1 atom stereocenters. The number of aromatic nitrogens is 1. The van der Waals surface area contributed by atoms with Crippen LogP contribution >= 0.6 is 0 Å². The molecule has 1 aliphatic rings. The third-order valence-electron chi connectivity index (χ3n) is 3.53. The normalized spacial score (nSPS) is 18.3. The van der Waals surface area contributed by atoms with E-state index >= 15 is 0 Å². The molecule has 0 N–H and O–H groups in total. The fourth-order valence-electron chi connectivity index (χ4n) is 2.64. The molecule has 0 fully saturated rings. The summed E-state index contributed by atoms with van der Waals surface area (Å²) in [6.45, 7) is 4.85. The predicted octanol–water partition coefficient (Wildman–Crippen LogP) is 3.50. The number of hydrogen-bond acceptors (Lipinski definition) is 0. The molecule has 0 amide bonds. The summed E-state index contributed by atoms with van der Waals surface area (Å²) in [6.07, 6.45) is 6.72. The minimum Gasteiger partial charge on any atom is -0.324 e. The highest BCUT2D eigenvalue weighted by Crippen LogP contribution is 2.37. The highest BCUT2D eigenvalue weighted by Gasteiger charge is 2.26. The van der Waals surface area contributed by atoms with Crippen molar-refractivity contribution in [1.29, 1.82) is 0 Å². The monoisotopic (exact) mass is 239 g/mol. The Labute approximate surface area is 104 Å². The Hall–Kier alpha value is -1.54. The smallest absolute Gasteiger partial charge is 0.0487 e. The quantitative estimate of drug-likeness (QED) is 0.707. The minimum absolute atomic E-state index is 0.684. The Morgan fingerprint density at radius 3 is 2.41 bits per heavy atom. The van der Waals surface area contributed by atoms with E-state index in [0.717, 1.165) is 0 Å². The molecule has 0 bridgehead atoms. The van der Waals surface area contributed by atoms with Gasteiger partial charge in [-0.25, -0.2) is 0 Å². The second-order valence-corrected chi connectivity index (χ2v) is 8.21. The number of fused-ring (bicyclic) bond motifs is 1. The van der Waals surface area contributed by atoms with E-state index in [4.69, 9.17) is 0 Å². The van der Waals surface area contributed by atoms with Gasteiger partial charge in [-0.3, -0.25) is 0 Å². The molecule has 0 radical (unpaired) electrons. The van der Waals surface area contributed by atoms with Gasteiger partial charge in [0, 0.05) is 32.5 Å². The molecule has 0 aliphatic heterocycles. The molecular weight excluding hydrogens is 222 g/mol. The van der Waals surface area contributed by atoms with Crippen LogP contribution in [0.4, 0.5) is 0 Å². The Balaban J connectivity index is 2.15. The van der Waals surface area contributed by atoms with E-state index in [1.807, 2.05) is 0 Å². The number of allylic oxidation sites excluding steroid dienone is 1. The molecule has 86 valence electrons. The van der Waals surface area contributed by atoms with Crippen molar-refractivity contribution in [2.24, 2.45) is 0 Å². The number of rotatable bonds is 2. The van der Waals surface area contributed by atoms with Gasteiger partial charge in [0.15, 0.2) is 0 Å². The van der Waals surface area contributed by atoms with Crippen molar-refractivity contribution in [1.82, 2.24) is 4.57 Å². The third-order valence-corrected chi connectivity index (χ3v) is 5.52. The molecule has 2 heteroatoms. The molecule has 3 rings (SSSR count). The van der Waals surface area contributed by atoms with Crippen molar-refractivity contribution in [2.45, 2.75) is 18.6 Å². The lowest BCUT2D eigenvalue weighted by Gasteiger charge is -2.12. The van der Waals surface area contributed by atoms with Crippen molar-refractivity contribution >= 4 is 14.5 Å². The molecule has 0 saturated carbocycles. The summed E-state index contributed by atoms with van der Waals surface area (Å²) in [5.74, 6) is 0. The van der Waals surface area contributed by atoms with E-state index in [1.54, 1.807) is 0 Å². The van der Waals surface area contributed by atoms with Crippen molar-refractivity contribution < 1.29 is 0 Å². The van der Waals surface area contributed by atoms with Crippen molar-refractivity contribution in [3.63, 3.8) is 0 Å². The van der Waals surface area contributed by atoms with Gasteiger partial charge >= 0.3 is 0 Å². The highest BCUT2D eigenvalue weighted by atomic mass is 28.3. The van der Waals surface area contributed by atoms with Crippen molar-refractivity contribution in [2.75, 3.05) is 0 Å². The summed E-state index contributed by atoms with van der Waals surface area (Å²) in [7, 11) is -0.693. The fraction of sp³-hybridized carbons (Fsp3) is 0.200. The summed E-state index contributed by atoms with van der Waals surface area (Å²) >= 11 is 0. The molecule has 2 aromatic rings. The lowest BCUT2D eigenvalue weighted by molar-refractivity contribution is 1.12. The molecule has 0 spiro atoms. The second kappa shape index (κ2) is 4.04. The van der Waals surface area contributed by atoms with E-state index in [9.17, 15) is 0 Å². The Morgan fingerprint density at radius 2 is 1.71 bits per heavy atom. The summed E-state index contributed by atoms with van der Waals surface area (Å²) in [4.78, 5) is 0. The van der Waals surface area contributed by atoms with Crippen molar-refractivity contribution in [3.05, 3.63) is 66.0 Å². The van der Waals surface area contributed by atoms with Crippen LogP contribution in [0.5, 0.6) is 0 Å². The Bertz CT molecular complexity index is 552. The maximum Gasteiger partial charge on any atom is 0.0487 e. The van der Waals surface area contributed by atoms with E-state index in [2.05, 4.69) is 72.5 Å². The Kier molecular flexibility index (Phi) is 2.52. The van der Waals surface area contributed by atoms with Crippen LogP contribution in [0, 0.1) is 0 Å². The molecular formula is C15H17NSi. The fourth-order valence-corrected chi connectivity index (χ4v) is 4.22. The highest BCUT2D eigenvalue weighted by molar-refractivity contribution is 6.58. The Morgan fingerprint density at radius 1 is 1.00 bits per heavy atom. The third kappa shape index (κ3) is 1.69. The van der Waals surface area contributed by atoms with E-state index in [-0.39, 0.29) is 0 Å². The standard InChI is InChI=1S/C15H17NSi/c1-17(2)15-11-14(16-9-5-6-10-16)12-7-3-4-8-13(12)15/h3-11,15,17H,1-2H3. The molecule has 1 unspecified atom stereocenters. The summed E-state index contributed by atoms with van der Waals surface area (Å²) < 4.78 is 2.23. The van der Waals surface area contributed by atoms with Crippen LogP contribution < -0.4 is 0 Å². The van der Waals surface area contributed by atoms with Gasteiger partial charge in [0.2, 0.25) is 0 Å². The van der Waals surface area contributed by atoms with Crippen LogP contribution in [-0.4, -0.2) is 13.4 Å². The minimum atomic E-state index is -0.693. The lowest BCUT2D eigenvalue weighted by atomic mass is 10.1. The average molecular weight is 239 g/mol. The van der Waals surface area contributed by atoms with E-state index in [1.165, 1.54) is 16.8 Å². The largest absolute Gasteiger partial charge is 0.324 e. The van der Waals surface area contributed by atoms with Crippen LogP contribution in [0.2, 0.25) is 13.1 Å². The summed E-state index contributed by atoms with van der Waals surface area (Å²) in [6, 6.07) is 13.0. The summed E-state index contributed by atoms with van der Waals surface area (Å²) in [5, 5.41) is 0. The van der Waals surface area contributed by atoms with E-state index in [0.29, 0.717) is 5.54 Å². The van der Waals surface area contributed by atoms with Gasteiger partial charge in [-0.05, 0) is 23.2 Å². The van der Waals surface area contributed by atoms with Gasteiger partial charge < -0.3 is 4.57 Å². The van der Waals surface area contributed by atoms with Crippen LogP contribution in [-0.2, 0) is 0 Å². The van der Waals surface area contributed by atoms with Gasteiger partial charge in [0.05, 0.1) is 0 Å². The zero-order chi connectivity index (χ0) is 11.8. The first-order chi connectivity index (χ1) is 8.27. The zero-order valence-electron chi connectivity index (χ0n) is 10.3. The van der Waals surface area contributed by atoms with E-state index < -0.39 is 8.80 Å². The molecule has 1 nitrogen and oxygen atoms in total. The maximum atomic E-state index is 2.46. The first-order valence-electron chi connectivity index (χ1n) is 6.22. The number of benzene rings is 1. The SMILES string of the molecule is C[SiH](C)C1C=C(n2cccc2)c2ccccc21. The average Bonchev–Trinajstić information content (AvgIpc) is 2.95. The molecule has 1 aromatic carbocycles. The number of nitrogens with zero attached hydrogens (tertiary/aromatic N) is 1. The van der Waals surface area contributed by atoms with Gasteiger partial charge in [-0.2, -0.15) is 0 Å². The van der Waals surface area contributed by atoms with Gasteiger partial charge in [-0.15, -0.1) is 0 Å². The molecule has 0 saturated heterocycles. The van der Waals surface area contributed by atoms with Crippen LogP contribution in [0.1, 0.15) is 16.7 Å². The molecule has 1 aromatic heterocycles. The number of hydrogen-bond donors (Lipinski definition) is 0. The van der Waals surface area contributed by atoms with Gasteiger partial charge in [0.1, 0.15) is 0 Å². The van der Waals surface area contributed by atoms with Crippen LogP contribution in [0.3, 0.4) is 0 Å². The lowest BCUT2D eigenvalue weighted by Crippen LogP contribution is -2.11. The van der Waals surface area contributed by atoms with Gasteiger partial charge in [0.25, 0.3) is 0 Å². The zero-order valence-corrected chi connectivity index (χ0v) is 11.5. The summed E-state index contributed by atoms with van der Waals surface area (Å²) in [5.41, 5.74) is 4.98.